The molecule has 0 saturated carbocycles. The molecule has 22 valence electrons. The van der Waals surface area contributed by atoms with E-state index in [0.717, 1.165) is 0 Å². The van der Waals surface area contributed by atoms with E-state index in [4.69, 9.17) is 0 Å². The van der Waals surface area contributed by atoms with Gasteiger partial charge in [0.15, 0.2) is 0 Å². The van der Waals surface area contributed by atoms with E-state index in [0.29, 0.717) is 0 Å². The third-order valence-corrected chi connectivity index (χ3v) is 0. The number of rotatable bonds is 0. The fourth-order valence-electron chi connectivity index (χ4n) is 0. The van der Waals surface area contributed by atoms with Crippen LogP contribution in [-0.2, 0) is 0 Å². The predicted octanol–water partition coefficient (Wildman–Crippen LogP) is -0.425. The average molecular weight is 507 g/mol. The Labute approximate surface area is 73.8 Å². The third-order valence-electron chi connectivity index (χ3n) is 0. The number of nitrogens with two attached hydrogens (primary N) is 1. The van der Waals surface area contributed by atoms with Crippen molar-refractivity contribution in [2.45, 2.75) is 0 Å². The molecule has 0 aliphatic heterocycles. The Kier molecular flexibility index (Phi) is 81.3. The van der Waals surface area contributed by atoms with Gasteiger partial charge in [0.25, 0.3) is 0 Å². The SMILES string of the molecule is CN.[U].[U]. The minimum atomic E-state index is 0. The van der Waals surface area contributed by atoms with Crippen LogP contribution in [0.15, 0.2) is 0 Å². The average Bonchev–Trinajstić information content (AvgIpc) is 1.00. The van der Waals surface area contributed by atoms with Gasteiger partial charge in [0.1, 0.15) is 0 Å². The van der Waals surface area contributed by atoms with Crippen molar-refractivity contribution in [3.63, 3.8) is 0 Å². The van der Waals surface area contributed by atoms with Gasteiger partial charge in [-0.05, 0) is 7.05 Å². The van der Waals surface area contributed by atoms with E-state index in [1.807, 2.05) is 0 Å². The zero-order valence-electron chi connectivity index (χ0n) is 2.58. The summed E-state index contributed by atoms with van der Waals surface area (Å²) < 4.78 is 0. The maximum Gasteiger partial charge on any atom is 0 e. The summed E-state index contributed by atoms with van der Waals surface area (Å²) in [7, 11) is 1.50. The van der Waals surface area contributed by atoms with Gasteiger partial charge in [-0.25, -0.2) is 0 Å². The standard InChI is InChI=1S/CH5N.2U/c1-2;;/h2H2,1H3;;. The summed E-state index contributed by atoms with van der Waals surface area (Å²) in [6, 6.07) is 0. The summed E-state index contributed by atoms with van der Waals surface area (Å²) in [6.45, 7) is 0. The molecule has 0 radical (unpaired) electrons. The molecule has 0 aliphatic carbocycles. The van der Waals surface area contributed by atoms with Crippen LogP contribution in [0.1, 0.15) is 0 Å². The Morgan fingerprint density at radius 1 is 1.00 bits per heavy atom. The molecule has 4 heavy (non-hydrogen) atoms. The van der Waals surface area contributed by atoms with Gasteiger partial charge in [-0.15, -0.1) is 0 Å². The fraction of sp³-hybridized carbons (Fsp3) is 1.00. The minimum absolute atomic E-state index is 0. The van der Waals surface area contributed by atoms with Gasteiger partial charge in [0.05, 0.1) is 0 Å². The first kappa shape index (κ1) is 16.6. The minimum Gasteiger partial charge on any atom is -0.333 e. The molecular weight excluding hydrogens is 502 g/mol. The van der Waals surface area contributed by atoms with E-state index in [1.54, 1.807) is 0 Å². The van der Waals surface area contributed by atoms with Crippen molar-refractivity contribution in [1.29, 1.82) is 0 Å². The van der Waals surface area contributed by atoms with Crippen LogP contribution in [0.5, 0.6) is 0 Å². The largest absolute Gasteiger partial charge is 0.333 e. The molecule has 0 spiro atoms. The second-order valence-corrected chi connectivity index (χ2v) is 0. The van der Waals surface area contributed by atoms with Crippen LogP contribution in [0.25, 0.3) is 0 Å². The summed E-state index contributed by atoms with van der Waals surface area (Å²) >= 11 is 0. The van der Waals surface area contributed by atoms with Crippen molar-refractivity contribution in [2.24, 2.45) is 5.73 Å². The van der Waals surface area contributed by atoms with Crippen LogP contribution in [0.4, 0.5) is 0 Å². The van der Waals surface area contributed by atoms with Gasteiger partial charge in [-0.1, -0.05) is 0 Å². The van der Waals surface area contributed by atoms with E-state index in [-0.39, 0.29) is 62.2 Å². The zero-order valence-corrected chi connectivity index (χ0v) is 10.9. The predicted molar refractivity (Wildman–Crippen MR) is 10.1 cm³/mol. The smallest absolute Gasteiger partial charge is 0 e. The van der Waals surface area contributed by atoms with Crippen LogP contribution in [0.3, 0.4) is 0 Å². The van der Waals surface area contributed by atoms with Crippen molar-refractivity contribution in [3.05, 3.63) is 0 Å². The molecule has 0 atom stereocenters. The first-order valence-corrected chi connectivity index (χ1v) is 0.577. The molecule has 0 aromatic carbocycles. The van der Waals surface area contributed by atoms with E-state index in [2.05, 4.69) is 5.73 Å². The van der Waals surface area contributed by atoms with Crippen molar-refractivity contribution in [3.8, 4) is 0 Å². The summed E-state index contributed by atoms with van der Waals surface area (Å²) in [6.07, 6.45) is 0. The Morgan fingerprint density at radius 3 is 1.00 bits per heavy atom. The molecule has 0 unspecified atom stereocenters. The molecule has 0 aromatic rings. The molecule has 2 N–H and O–H groups in total. The number of hydrogen-bond donors (Lipinski definition) is 1. The Balaban J connectivity index is -0.00000000500. The summed E-state index contributed by atoms with van der Waals surface area (Å²) in [4.78, 5) is 0. The summed E-state index contributed by atoms with van der Waals surface area (Å²) in [5.41, 5.74) is 4.50. The van der Waals surface area contributed by atoms with Gasteiger partial charge in [0, 0.05) is 62.2 Å². The molecule has 0 heterocycles. The monoisotopic (exact) mass is 507 g/mol. The van der Waals surface area contributed by atoms with Gasteiger partial charge < -0.3 is 5.73 Å². The van der Waals surface area contributed by atoms with Crippen LogP contribution in [0, 0.1) is 62.2 Å². The van der Waals surface area contributed by atoms with Gasteiger partial charge in [-0.2, -0.15) is 0 Å². The van der Waals surface area contributed by atoms with Crippen molar-refractivity contribution < 1.29 is 62.2 Å². The molecule has 0 fully saturated rings. The molecule has 0 amide bonds. The Hall–Kier alpha value is 2.06. The van der Waals surface area contributed by atoms with Crippen LogP contribution in [-0.4, -0.2) is 7.05 Å². The molecule has 0 aromatic heterocycles. The summed E-state index contributed by atoms with van der Waals surface area (Å²) in [5, 5.41) is 0. The van der Waals surface area contributed by atoms with Gasteiger partial charge >= 0.3 is 0 Å². The topological polar surface area (TPSA) is 26.0 Å². The maximum atomic E-state index is 4.50. The molecule has 0 bridgehead atoms. The number of hydrogen-bond acceptors (Lipinski definition) is 1. The molecule has 0 rings (SSSR count). The van der Waals surface area contributed by atoms with Crippen molar-refractivity contribution >= 4 is 0 Å². The van der Waals surface area contributed by atoms with E-state index in [9.17, 15) is 0 Å². The fourth-order valence-corrected chi connectivity index (χ4v) is 0. The van der Waals surface area contributed by atoms with E-state index in [1.165, 1.54) is 7.05 Å². The summed E-state index contributed by atoms with van der Waals surface area (Å²) in [5.74, 6) is 0. The molecule has 3 heteroatoms. The van der Waals surface area contributed by atoms with Crippen LogP contribution >= 0.6 is 0 Å². The first-order valence-electron chi connectivity index (χ1n) is 0.577. The third kappa shape index (κ3) is 8.96. The van der Waals surface area contributed by atoms with Crippen molar-refractivity contribution in [2.75, 3.05) is 7.05 Å². The van der Waals surface area contributed by atoms with E-state index >= 15 is 0 Å². The van der Waals surface area contributed by atoms with Crippen LogP contribution < -0.4 is 5.73 Å². The Morgan fingerprint density at radius 2 is 1.00 bits per heavy atom. The first-order chi connectivity index (χ1) is 1.00. The van der Waals surface area contributed by atoms with Gasteiger partial charge in [0.2, 0.25) is 0 Å². The normalized spacial score (nSPS) is 1.50. The molecule has 0 aliphatic rings. The van der Waals surface area contributed by atoms with Crippen molar-refractivity contribution in [1.82, 2.24) is 0 Å². The second-order valence-electron chi connectivity index (χ2n) is 0. The van der Waals surface area contributed by atoms with Crippen LogP contribution in [0.2, 0.25) is 0 Å². The Bertz CT molecular complexity index is 6.00. The molecule has 0 saturated heterocycles. The zero-order chi connectivity index (χ0) is 2.00. The van der Waals surface area contributed by atoms with E-state index < -0.39 is 0 Å². The van der Waals surface area contributed by atoms with Gasteiger partial charge in [-0.3, -0.25) is 0 Å². The molecule has 1 nitrogen and oxygen atoms in total. The molecular formula is CH5NU2. The maximum absolute atomic E-state index is 4.50. The second kappa shape index (κ2) is 19.6. The quantitative estimate of drug-likeness (QED) is 0.474.